The van der Waals surface area contributed by atoms with Gasteiger partial charge in [-0.05, 0) is 0 Å². The first kappa shape index (κ1) is 11.7. The zero-order valence-corrected chi connectivity index (χ0v) is 9.34. The molecule has 2 rings (SSSR count). The van der Waals surface area contributed by atoms with Crippen LogP contribution in [0.2, 0.25) is 0 Å². The molecule has 2 aliphatic heterocycles. The highest BCUT2D eigenvalue weighted by atomic mass is 16.4. The van der Waals surface area contributed by atoms with Gasteiger partial charge in [-0.1, -0.05) is 6.92 Å². The molecule has 1 saturated heterocycles. The van der Waals surface area contributed by atoms with Crippen molar-refractivity contribution in [3.8, 4) is 0 Å². The number of ketones is 1. The third kappa shape index (κ3) is 1.63. The van der Waals surface area contributed by atoms with Crippen molar-refractivity contribution in [3.63, 3.8) is 0 Å². The summed E-state index contributed by atoms with van der Waals surface area (Å²) in [4.78, 5) is 34.5. The lowest BCUT2D eigenvalue weighted by Crippen LogP contribution is -2.37. The quantitative estimate of drug-likeness (QED) is 0.634. The summed E-state index contributed by atoms with van der Waals surface area (Å²) in [6, 6.07) is -0.720. The summed E-state index contributed by atoms with van der Waals surface area (Å²) in [6.45, 7) is 2.05. The van der Waals surface area contributed by atoms with Crippen molar-refractivity contribution in [1.29, 1.82) is 0 Å². The second kappa shape index (κ2) is 3.94. The molecule has 0 radical (unpaired) electrons. The minimum absolute atomic E-state index is 0.147. The number of hydrazine groups is 1. The van der Waals surface area contributed by atoms with Crippen LogP contribution in [-0.2, 0) is 14.4 Å². The Hall–Kier alpha value is -1.73. The second-order valence-electron chi connectivity index (χ2n) is 4.01. The first-order valence-electron chi connectivity index (χ1n) is 5.31. The molecule has 0 aromatic heterocycles. The highest BCUT2D eigenvalue weighted by Gasteiger charge is 2.47. The van der Waals surface area contributed by atoms with E-state index in [-0.39, 0.29) is 36.6 Å². The van der Waals surface area contributed by atoms with Crippen molar-refractivity contribution in [2.75, 3.05) is 13.1 Å². The third-order valence-corrected chi connectivity index (χ3v) is 2.91. The molecule has 17 heavy (non-hydrogen) atoms. The van der Waals surface area contributed by atoms with Gasteiger partial charge in [0.1, 0.15) is 6.04 Å². The van der Waals surface area contributed by atoms with Crippen LogP contribution < -0.4 is 5.73 Å². The Morgan fingerprint density at radius 2 is 2.18 bits per heavy atom. The summed E-state index contributed by atoms with van der Waals surface area (Å²) in [5.74, 6) is -1.99. The Kier molecular flexibility index (Phi) is 2.72. The maximum atomic E-state index is 11.7. The van der Waals surface area contributed by atoms with E-state index in [1.54, 1.807) is 6.92 Å². The van der Waals surface area contributed by atoms with Gasteiger partial charge in [0.15, 0.2) is 11.5 Å². The summed E-state index contributed by atoms with van der Waals surface area (Å²) >= 11 is 0. The summed E-state index contributed by atoms with van der Waals surface area (Å²) in [5, 5.41) is 11.6. The van der Waals surface area contributed by atoms with E-state index in [0.717, 1.165) is 5.01 Å². The average molecular weight is 239 g/mol. The van der Waals surface area contributed by atoms with E-state index in [1.165, 1.54) is 5.01 Å². The number of hydrogen-bond acceptors (Lipinski definition) is 5. The molecule has 7 nitrogen and oxygen atoms in total. The number of hydrogen-bond donors (Lipinski definition) is 2. The number of carbonyl (C=O) groups excluding carboxylic acids is 2. The van der Waals surface area contributed by atoms with Crippen LogP contribution in [0.3, 0.4) is 0 Å². The van der Waals surface area contributed by atoms with Crippen molar-refractivity contribution in [1.82, 2.24) is 10.0 Å². The smallest absolute Gasteiger partial charge is 0.354 e. The fourth-order valence-corrected chi connectivity index (χ4v) is 2.11. The summed E-state index contributed by atoms with van der Waals surface area (Å²) in [6.07, 6.45) is 0.216. The molecular formula is C10H13N3O4. The van der Waals surface area contributed by atoms with E-state index in [0.29, 0.717) is 0 Å². The lowest BCUT2D eigenvalue weighted by atomic mass is 10.1. The molecule has 2 aliphatic rings. The molecule has 1 amide bonds. The van der Waals surface area contributed by atoms with Gasteiger partial charge in [0, 0.05) is 25.1 Å². The van der Waals surface area contributed by atoms with E-state index < -0.39 is 17.9 Å². The van der Waals surface area contributed by atoms with Gasteiger partial charge in [-0.15, -0.1) is 0 Å². The third-order valence-electron chi connectivity index (χ3n) is 2.91. The Labute approximate surface area is 97.4 Å². The molecule has 3 N–H and O–H groups in total. The number of carboxylic acid groups (broad SMARTS) is 1. The van der Waals surface area contributed by atoms with Gasteiger partial charge in [0.2, 0.25) is 0 Å². The van der Waals surface area contributed by atoms with Crippen molar-refractivity contribution in [2.45, 2.75) is 19.4 Å². The van der Waals surface area contributed by atoms with Gasteiger partial charge in [-0.3, -0.25) is 9.59 Å². The van der Waals surface area contributed by atoms with Crippen LogP contribution in [0.25, 0.3) is 0 Å². The van der Waals surface area contributed by atoms with Crippen molar-refractivity contribution in [2.24, 2.45) is 5.73 Å². The lowest BCUT2D eigenvalue weighted by molar-refractivity contribution is -0.143. The van der Waals surface area contributed by atoms with Crippen LogP contribution in [0.4, 0.5) is 0 Å². The highest BCUT2D eigenvalue weighted by molar-refractivity contribution is 6.07. The predicted molar refractivity (Wildman–Crippen MR) is 56.4 cm³/mol. The van der Waals surface area contributed by atoms with Gasteiger partial charge in [0.05, 0.1) is 0 Å². The lowest BCUT2D eigenvalue weighted by Gasteiger charge is -2.19. The van der Waals surface area contributed by atoms with Gasteiger partial charge in [-0.25, -0.2) is 14.8 Å². The van der Waals surface area contributed by atoms with Crippen LogP contribution in [-0.4, -0.2) is 51.9 Å². The molecule has 0 spiro atoms. The highest BCUT2D eigenvalue weighted by Crippen LogP contribution is 2.29. The Morgan fingerprint density at radius 1 is 1.53 bits per heavy atom. The standard InChI is InChI=1S/C10H13N3O4/c1-2-7(14)5-3-12-4-6(11)9(15)13(12)8(5)10(16)17/h6H,2-4,11H2,1H3,(H,16,17). The molecule has 0 aromatic carbocycles. The largest absolute Gasteiger partial charge is 0.477 e. The zero-order valence-electron chi connectivity index (χ0n) is 9.34. The topological polar surface area (TPSA) is 104 Å². The molecule has 92 valence electrons. The molecule has 2 heterocycles. The minimum Gasteiger partial charge on any atom is -0.477 e. The first-order chi connectivity index (χ1) is 7.97. The monoisotopic (exact) mass is 239 g/mol. The van der Waals surface area contributed by atoms with Crippen molar-refractivity contribution >= 4 is 17.7 Å². The maximum absolute atomic E-state index is 11.7. The van der Waals surface area contributed by atoms with Crippen LogP contribution in [0.1, 0.15) is 13.3 Å². The van der Waals surface area contributed by atoms with Crippen LogP contribution >= 0.6 is 0 Å². The molecule has 7 heteroatoms. The minimum atomic E-state index is -1.27. The molecule has 1 fully saturated rings. The van der Waals surface area contributed by atoms with Crippen molar-refractivity contribution < 1.29 is 19.5 Å². The molecule has 0 aliphatic carbocycles. The van der Waals surface area contributed by atoms with E-state index in [4.69, 9.17) is 10.8 Å². The van der Waals surface area contributed by atoms with Crippen molar-refractivity contribution in [3.05, 3.63) is 11.3 Å². The fourth-order valence-electron chi connectivity index (χ4n) is 2.11. The Morgan fingerprint density at radius 3 is 2.71 bits per heavy atom. The van der Waals surface area contributed by atoms with Gasteiger partial charge in [0.25, 0.3) is 5.91 Å². The second-order valence-corrected chi connectivity index (χ2v) is 4.01. The van der Waals surface area contributed by atoms with Crippen LogP contribution in [0, 0.1) is 0 Å². The predicted octanol–water partition coefficient (Wildman–Crippen LogP) is -1.30. The SMILES string of the molecule is CCC(=O)C1=C(C(=O)O)N2C(=O)C(N)CN2C1. The summed E-state index contributed by atoms with van der Waals surface area (Å²) < 4.78 is 0. The van der Waals surface area contributed by atoms with E-state index in [2.05, 4.69) is 0 Å². The zero-order chi connectivity index (χ0) is 12.7. The average Bonchev–Trinajstić information content (AvgIpc) is 2.76. The van der Waals surface area contributed by atoms with E-state index >= 15 is 0 Å². The Balaban J connectivity index is 2.43. The van der Waals surface area contributed by atoms with Crippen LogP contribution in [0.15, 0.2) is 11.3 Å². The van der Waals surface area contributed by atoms with E-state index in [9.17, 15) is 14.4 Å². The molecule has 0 saturated carbocycles. The summed E-state index contributed by atoms with van der Waals surface area (Å²) in [7, 11) is 0. The number of aliphatic carboxylic acids is 1. The molecule has 0 aromatic rings. The number of nitrogens with zero attached hydrogens (tertiary/aromatic N) is 2. The number of Topliss-reactive ketones (excluding diaryl/α,β-unsaturated/α-hetero) is 1. The Bertz CT molecular complexity index is 443. The van der Waals surface area contributed by atoms with Crippen LogP contribution in [0.5, 0.6) is 0 Å². The number of nitrogens with two attached hydrogens (primary N) is 1. The number of carbonyl (C=O) groups is 3. The number of carboxylic acids is 1. The maximum Gasteiger partial charge on any atom is 0.354 e. The van der Waals surface area contributed by atoms with Gasteiger partial charge >= 0.3 is 5.97 Å². The normalized spacial score (nSPS) is 24.5. The molecule has 0 bridgehead atoms. The number of fused-ring (bicyclic) bond motifs is 1. The molecule has 1 atom stereocenters. The van der Waals surface area contributed by atoms with Gasteiger partial charge in [-0.2, -0.15) is 0 Å². The molecule has 1 unspecified atom stereocenters. The first-order valence-corrected chi connectivity index (χ1v) is 5.31. The number of amides is 1. The molecular weight excluding hydrogens is 226 g/mol. The fraction of sp³-hybridized carbons (Fsp3) is 0.500. The summed E-state index contributed by atoms with van der Waals surface area (Å²) in [5.41, 5.74) is 5.49. The number of rotatable bonds is 3. The van der Waals surface area contributed by atoms with Gasteiger partial charge < -0.3 is 10.8 Å². The van der Waals surface area contributed by atoms with E-state index in [1.807, 2.05) is 0 Å².